The number of aromatic nitrogens is 2. The first-order valence-electron chi connectivity index (χ1n) is 7.67. The van der Waals surface area contributed by atoms with Crippen molar-refractivity contribution in [2.45, 2.75) is 25.3 Å². The molecule has 0 radical (unpaired) electrons. The van der Waals surface area contributed by atoms with Gasteiger partial charge in [-0.25, -0.2) is 0 Å². The van der Waals surface area contributed by atoms with Crippen LogP contribution in [0.4, 0.5) is 0 Å². The van der Waals surface area contributed by atoms with Crippen molar-refractivity contribution in [3.63, 3.8) is 0 Å². The van der Waals surface area contributed by atoms with Crippen LogP contribution in [-0.2, 0) is 0 Å². The maximum absolute atomic E-state index is 4.61. The summed E-state index contributed by atoms with van der Waals surface area (Å²) in [5, 5.41) is 9.08. The molecular weight excluding hydrogens is 248 g/mol. The summed E-state index contributed by atoms with van der Waals surface area (Å²) in [5.41, 5.74) is 1.28. The van der Waals surface area contributed by atoms with Gasteiger partial charge in [0.15, 0.2) is 0 Å². The van der Waals surface area contributed by atoms with Crippen molar-refractivity contribution in [3.05, 3.63) is 30.5 Å². The van der Waals surface area contributed by atoms with Gasteiger partial charge in [0.25, 0.3) is 0 Å². The van der Waals surface area contributed by atoms with Crippen molar-refractivity contribution in [2.24, 2.45) is 0 Å². The minimum atomic E-state index is 0.565. The van der Waals surface area contributed by atoms with Gasteiger partial charge in [0.05, 0.1) is 17.8 Å². The zero-order chi connectivity index (χ0) is 13.8. The van der Waals surface area contributed by atoms with Gasteiger partial charge in [-0.2, -0.15) is 5.10 Å². The van der Waals surface area contributed by atoms with Gasteiger partial charge < -0.3 is 10.2 Å². The molecule has 4 heteroatoms. The Morgan fingerprint density at radius 2 is 2.05 bits per heavy atom. The average Bonchev–Trinajstić information content (AvgIpc) is 2.92. The molecule has 1 aromatic heterocycles. The van der Waals surface area contributed by atoms with Crippen molar-refractivity contribution < 1.29 is 0 Å². The quantitative estimate of drug-likeness (QED) is 0.848. The first-order chi connectivity index (χ1) is 9.88. The Hall–Kier alpha value is -1.39. The molecule has 1 aliphatic rings. The number of hydrogen-bond donors (Lipinski definition) is 1. The van der Waals surface area contributed by atoms with E-state index < -0.39 is 0 Å². The van der Waals surface area contributed by atoms with E-state index in [4.69, 9.17) is 0 Å². The second-order valence-corrected chi connectivity index (χ2v) is 5.68. The molecule has 0 bridgehead atoms. The molecule has 4 nitrogen and oxygen atoms in total. The van der Waals surface area contributed by atoms with Crippen LogP contribution in [0.3, 0.4) is 0 Å². The van der Waals surface area contributed by atoms with Crippen LogP contribution in [0.15, 0.2) is 30.5 Å². The predicted octanol–water partition coefficient (Wildman–Crippen LogP) is 2.28. The standard InChI is InChI=1S/C16H24N4/c1-17-9-4-10-19-11-7-15(8-12-19)20-16-6-3-2-5-14(16)13-18-20/h2-3,5-6,13,15,17H,4,7-12H2,1H3. The lowest BCUT2D eigenvalue weighted by molar-refractivity contribution is 0.181. The zero-order valence-electron chi connectivity index (χ0n) is 12.3. The number of nitrogens with zero attached hydrogens (tertiary/aromatic N) is 3. The summed E-state index contributed by atoms with van der Waals surface area (Å²) >= 11 is 0. The fourth-order valence-corrected chi connectivity index (χ4v) is 3.15. The van der Waals surface area contributed by atoms with Crippen molar-refractivity contribution in [2.75, 3.05) is 33.2 Å². The summed E-state index contributed by atoms with van der Waals surface area (Å²) in [6, 6.07) is 9.08. The van der Waals surface area contributed by atoms with Crippen LogP contribution in [-0.4, -0.2) is 47.9 Å². The number of hydrogen-bond acceptors (Lipinski definition) is 3. The third-order valence-electron chi connectivity index (χ3n) is 4.31. The van der Waals surface area contributed by atoms with E-state index in [1.165, 1.54) is 49.8 Å². The Morgan fingerprint density at radius 1 is 1.25 bits per heavy atom. The fraction of sp³-hybridized carbons (Fsp3) is 0.562. The lowest BCUT2D eigenvalue weighted by Crippen LogP contribution is -2.36. The molecule has 0 atom stereocenters. The van der Waals surface area contributed by atoms with E-state index in [1.54, 1.807) is 0 Å². The smallest absolute Gasteiger partial charge is 0.0685 e. The lowest BCUT2D eigenvalue weighted by Gasteiger charge is -2.32. The molecule has 1 saturated heterocycles. The second kappa shape index (κ2) is 6.37. The van der Waals surface area contributed by atoms with Crippen LogP contribution in [0.5, 0.6) is 0 Å². The molecule has 1 aromatic carbocycles. The highest BCUT2D eigenvalue weighted by Gasteiger charge is 2.21. The van der Waals surface area contributed by atoms with Crippen molar-refractivity contribution in [3.8, 4) is 0 Å². The zero-order valence-corrected chi connectivity index (χ0v) is 12.3. The minimum Gasteiger partial charge on any atom is -0.320 e. The van der Waals surface area contributed by atoms with E-state index in [1.807, 2.05) is 13.2 Å². The van der Waals surface area contributed by atoms with E-state index in [-0.39, 0.29) is 0 Å². The summed E-state index contributed by atoms with van der Waals surface area (Å²) in [6.07, 6.45) is 5.66. The Morgan fingerprint density at radius 3 is 2.85 bits per heavy atom. The van der Waals surface area contributed by atoms with Gasteiger partial charge in [-0.3, -0.25) is 4.68 Å². The van der Waals surface area contributed by atoms with Crippen LogP contribution in [0, 0.1) is 0 Å². The van der Waals surface area contributed by atoms with Crippen molar-refractivity contribution in [1.82, 2.24) is 20.0 Å². The Labute approximate surface area is 120 Å². The number of benzene rings is 1. The van der Waals surface area contributed by atoms with Gasteiger partial charge in [0.1, 0.15) is 0 Å². The molecule has 2 heterocycles. The van der Waals surface area contributed by atoms with E-state index in [2.05, 4.69) is 44.3 Å². The Balaban J connectivity index is 1.60. The van der Waals surface area contributed by atoms with Gasteiger partial charge in [0, 0.05) is 18.5 Å². The van der Waals surface area contributed by atoms with Crippen LogP contribution < -0.4 is 5.32 Å². The molecule has 1 N–H and O–H groups in total. The minimum absolute atomic E-state index is 0.565. The molecule has 0 unspecified atom stereocenters. The summed E-state index contributed by atoms with van der Waals surface area (Å²) in [7, 11) is 2.02. The number of para-hydroxylation sites is 1. The van der Waals surface area contributed by atoms with Crippen LogP contribution in [0.2, 0.25) is 0 Å². The van der Waals surface area contributed by atoms with E-state index in [0.717, 1.165) is 6.54 Å². The third kappa shape index (κ3) is 2.86. The van der Waals surface area contributed by atoms with Gasteiger partial charge >= 0.3 is 0 Å². The van der Waals surface area contributed by atoms with Crippen LogP contribution >= 0.6 is 0 Å². The van der Waals surface area contributed by atoms with Crippen LogP contribution in [0.25, 0.3) is 10.9 Å². The third-order valence-corrected chi connectivity index (χ3v) is 4.31. The molecule has 0 amide bonds. The molecule has 0 saturated carbocycles. The molecule has 2 aromatic rings. The lowest BCUT2D eigenvalue weighted by atomic mass is 10.0. The highest BCUT2D eigenvalue weighted by Crippen LogP contribution is 2.26. The van der Waals surface area contributed by atoms with Crippen molar-refractivity contribution >= 4 is 10.9 Å². The molecule has 108 valence electrons. The topological polar surface area (TPSA) is 33.1 Å². The van der Waals surface area contributed by atoms with Gasteiger partial charge in [0.2, 0.25) is 0 Å². The van der Waals surface area contributed by atoms with Gasteiger partial charge in [-0.05, 0) is 45.5 Å². The van der Waals surface area contributed by atoms with E-state index in [9.17, 15) is 0 Å². The number of piperidine rings is 1. The summed E-state index contributed by atoms with van der Waals surface area (Å²) in [6.45, 7) is 4.72. The molecule has 20 heavy (non-hydrogen) atoms. The predicted molar refractivity (Wildman–Crippen MR) is 83.0 cm³/mol. The summed E-state index contributed by atoms with van der Waals surface area (Å²) in [5.74, 6) is 0. The molecule has 0 spiro atoms. The normalized spacial score (nSPS) is 17.9. The molecule has 1 fully saturated rings. The van der Waals surface area contributed by atoms with E-state index >= 15 is 0 Å². The Bertz CT molecular complexity index is 540. The number of nitrogens with one attached hydrogen (secondary N) is 1. The van der Waals surface area contributed by atoms with Gasteiger partial charge in [-0.15, -0.1) is 0 Å². The SMILES string of the molecule is CNCCCN1CCC(n2ncc3ccccc32)CC1. The van der Waals surface area contributed by atoms with Gasteiger partial charge in [-0.1, -0.05) is 18.2 Å². The highest BCUT2D eigenvalue weighted by molar-refractivity contribution is 5.78. The number of likely N-dealkylation sites (tertiary alicyclic amines) is 1. The first-order valence-corrected chi connectivity index (χ1v) is 7.67. The highest BCUT2D eigenvalue weighted by atomic mass is 15.3. The van der Waals surface area contributed by atoms with Crippen LogP contribution in [0.1, 0.15) is 25.3 Å². The molecule has 0 aliphatic carbocycles. The largest absolute Gasteiger partial charge is 0.320 e. The maximum atomic E-state index is 4.61. The monoisotopic (exact) mass is 272 g/mol. The summed E-state index contributed by atoms with van der Waals surface area (Å²) in [4.78, 5) is 2.58. The summed E-state index contributed by atoms with van der Waals surface area (Å²) < 4.78 is 2.24. The first kappa shape index (κ1) is 13.6. The number of fused-ring (bicyclic) bond motifs is 1. The van der Waals surface area contributed by atoms with E-state index in [0.29, 0.717) is 6.04 Å². The molecule has 3 rings (SSSR count). The average molecular weight is 272 g/mol. The molecular formula is C16H24N4. The molecule has 1 aliphatic heterocycles. The Kier molecular flexibility index (Phi) is 4.33. The fourth-order valence-electron chi connectivity index (χ4n) is 3.15. The van der Waals surface area contributed by atoms with Crippen molar-refractivity contribution in [1.29, 1.82) is 0 Å². The second-order valence-electron chi connectivity index (χ2n) is 5.68. The number of rotatable bonds is 5. The maximum Gasteiger partial charge on any atom is 0.0685 e.